The molecule has 4 aromatic rings. The summed E-state index contributed by atoms with van der Waals surface area (Å²) in [5.41, 5.74) is 18.4. The molecule has 16 nitrogen and oxygen atoms in total. The fourth-order valence-electron chi connectivity index (χ4n) is 3.93. The van der Waals surface area contributed by atoms with E-state index in [-0.39, 0.29) is 26.9 Å². The van der Waals surface area contributed by atoms with E-state index in [2.05, 4.69) is 48.5 Å². The number of carbonyl (C=O) groups is 3. The van der Waals surface area contributed by atoms with Gasteiger partial charge in [0, 0.05) is 29.6 Å². The van der Waals surface area contributed by atoms with Crippen molar-refractivity contribution in [2.75, 3.05) is 44.7 Å². The van der Waals surface area contributed by atoms with Crippen LogP contribution in [-0.4, -0.2) is 47.4 Å². The zero-order chi connectivity index (χ0) is 34.9. The second kappa shape index (κ2) is 15.1. The molecule has 0 aromatic heterocycles. The standard InChI is InChI=1S/C30H33N9O7S2/c1-19-4-6-20(7-5-19)34-37-28(40)31-23-16-24(32-29(41)38-35-21-8-12-26(13-9-21)47(2,43)44)18-25(17-23)33-30(42)39-36-22-10-14-27(15-11-22)48(3,45)46/h4-18,34-36H,1-3H3,(H2,31,37,40)(H2,32,38,41)(H2,33,39,42). The largest absolute Gasteiger partial charge is 0.337 e. The van der Waals surface area contributed by atoms with Crippen LogP contribution in [0.4, 0.5) is 48.5 Å². The minimum Gasteiger partial charge on any atom is -0.306 e. The Kier molecular flexibility index (Phi) is 10.9. The number of hydrogen-bond donors (Lipinski definition) is 9. The molecule has 18 heteroatoms. The van der Waals surface area contributed by atoms with E-state index >= 15 is 0 Å². The number of rotatable bonds is 11. The molecule has 0 unspecified atom stereocenters. The molecule has 9 N–H and O–H groups in total. The normalized spacial score (nSPS) is 11.0. The van der Waals surface area contributed by atoms with Gasteiger partial charge in [0.25, 0.3) is 0 Å². The number of amides is 6. The summed E-state index contributed by atoms with van der Waals surface area (Å²) < 4.78 is 46.7. The Hall–Kier alpha value is -6.01. The molecule has 6 amide bonds. The molecule has 0 aliphatic heterocycles. The van der Waals surface area contributed by atoms with Gasteiger partial charge in [-0.15, -0.1) is 0 Å². The number of carbonyl (C=O) groups excluding carboxylic acids is 3. The van der Waals surface area contributed by atoms with Gasteiger partial charge in [-0.3, -0.25) is 32.6 Å². The number of hydrogen-bond acceptors (Lipinski definition) is 10. The summed E-state index contributed by atoms with van der Waals surface area (Å²) in [6.07, 6.45) is 2.16. The Balaban J connectivity index is 1.42. The van der Waals surface area contributed by atoms with Gasteiger partial charge in [0.2, 0.25) is 0 Å². The summed E-state index contributed by atoms with van der Waals surface area (Å²) in [5.74, 6) is 0. The lowest BCUT2D eigenvalue weighted by Crippen LogP contribution is -2.35. The molecule has 0 heterocycles. The minimum atomic E-state index is -3.39. The van der Waals surface area contributed by atoms with Crippen molar-refractivity contribution in [3.63, 3.8) is 0 Å². The van der Waals surface area contributed by atoms with E-state index in [0.717, 1.165) is 18.1 Å². The van der Waals surface area contributed by atoms with E-state index in [1.165, 1.54) is 66.7 Å². The van der Waals surface area contributed by atoms with Gasteiger partial charge in [-0.05, 0) is 85.8 Å². The molecule has 252 valence electrons. The maximum Gasteiger partial charge on any atom is 0.337 e. The van der Waals surface area contributed by atoms with Crippen LogP contribution in [0.2, 0.25) is 0 Å². The molecule has 4 aromatic carbocycles. The van der Waals surface area contributed by atoms with Gasteiger partial charge < -0.3 is 16.0 Å². The van der Waals surface area contributed by atoms with Crippen LogP contribution >= 0.6 is 0 Å². The lowest BCUT2D eigenvalue weighted by molar-refractivity contribution is 0.253. The number of urea groups is 3. The quantitative estimate of drug-likeness (QED) is 0.101. The van der Waals surface area contributed by atoms with E-state index in [4.69, 9.17) is 0 Å². The summed E-state index contributed by atoms with van der Waals surface area (Å²) in [6, 6.07) is 20.9. The first-order chi connectivity index (χ1) is 22.6. The fourth-order valence-corrected chi connectivity index (χ4v) is 5.19. The third-order valence-corrected chi connectivity index (χ3v) is 8.54. The smallest absolute Gasteiger partial charge is 0.306 e. The molecule has 0 aliphatic carbocycles. The Bertz CT molecular complexity index is 1890. The highest BCUT2D eigenvalue weighted by atomic mass is 32.2. The van der Waals surface area contributed by atoms with E-state index in [9.17, 15) is 31.2 Å². The first kappa shape index (κ1) is 34.9. The van der Waals surface area contributed by atoms with E-state index < -0.39 is 37.8 Å². The zero-order valence-corrected chi connectivity index (χ0v) is 27.5. The Labute approximate surface area is 276 Å². The first-order valence-corrected chi connectivity index (χ1v) is 17.7. The number of nitrogens with one attached hydrogen (secondary N) is 9. The molecule has 0 fully saturated rings. The third-order valence-electron chi connectivity index (χ3n) is 6.28. The topological polar surface area (TPSA) is 228 Å². The van der Waals surface area contributed by atoms with Crippen molar-refractivity contribution in [1.82, 2.24) is 16.3 Å². The number of aryl methyl sites for hydroxylation is 1. The molecule has 0 atom stereocenters. The molecular weight excluding hydrogens is 663 g/mol. The highest BCUT2D eigenvalue weighted by Gasteiger charge is 2.12. The molecule has 0 bridgehead atoms. The van der Waals surface area contributed by atoms with Crippen LogP contribution in [-0.2, 0) is 19.7 Å². The first-order valence-electron chi connectivity index (χ1n) is 13.9. The maximum absolute atomic E-state index is 12.7. The highest BCUT2D eigenvalue weighted by molar-refractivity contribution is 7.91. The van der Waals surface area contributed by atoms with Gasteiger partial charge in [-0.25, -0.2) is 31.2 Å². The zero-order valence-electron chi connectivity index (χ0n) is 25.8. The van der Waals surface area contributed by atoms with Gasteiger partial charge in [0.1, 0.15) is 0 Å². The van der Waals surface area contributed by atoms with Crippen LogP contribution in [0.15, 0.2) is 101 Å². The molecular formula is C30H33N9O7S2. The van der Waals surface area contributed by atoms with Crippen molar-refractivity contribution in [3.8, 4) is 0 Å². The number of anilines is 6. The van der Waals surface area contributed by atoms with Crippen molar-refractivity contribution in [2.24, 2.45) is 0 Å². The van der Waals surface area contributed by atoms with E-state index in [1.54, 1.807) is 12.1 Å². The highest BCUT2D eigenvalue weighted by Crippen LogP contribution is 2.23. The van der Waals surface area contributed by atoms with E-state index in [1.807, 2.05) is 19.1 Å². The van der Waals surface area contributed by atoms with Crippen molar-refractivity contribution < 1.29 is 31.2 Å². The average molecular weight is 696 g/mol. The number of benzene rings is 4. The predicted octanol–water partition coefficient (Wildman–Crippen LogP) is 4.25. The van der Waals surface area contributed by atoms with Crippen molar-refractivity contribution in [3.05, 3.63) is 96.6 Å². The molecule has 0 spiro atoms. The van der Waals surface area contributed by atoms with Gasteiger partial charge in [0.15, 0.2) is 19.7 Å². The van der Waals surface area contributed by atoms with Crippen molar-refractivity contribution in [2.45, 2.75) is 16.7 Å². The van der Waals surface area contributed by atoms with Crippen LogP contribution in [0.1, 0.15) is 5.56 Å². The second-order valence-electron chi connectivity index (χ2n) is 10.4. The Morgan fingerprint density at radius 2 is 0.708 bits per heavy atom. The Morgan fingerprint density at radius 3 is 0.979 bits per heavy atom. The molecule has 0 aliphatic rings. The molecule has 0 saturated heterocycles. The maximum atomic E-state index is 12.7. The molecule has 4 rings (SSSR count). The monoisotopic (exact) mass is 695 g/mol. The number of sulfone groups is 2. The van der Waals surface area contributed by atoms with Gasteiger partial charge >= 0.3 is 18.1 Å². The summed E-state index contributed by atoms with van der Waals surface area (Å²) in [5, 5.41) is 7.78. The number of hydrazine groups is 3. The van der Waals surface area contributed by atoms with Crippen molar-refractivity contribution in [1.29, 1.82) is 0 Å². The summed E-state index contributed by atoms with van der Waals surface area (Å²) in [4.78, 5) is 38.2. The van der Waals surface area contributed by atoms with Gasteiger partial charge in [-0.1, -0.05) is 17.7 Å². The Morgan fingerprint density at radius 1 is 0.438 bits per heavy atom. The fraction of sp³-hybridized carbons (Fsp3) is 0.100. The van der Waals surface area contributed by atoms with Gasteiger partial charge in [-0.2, -0.15) is 0 Å². The van der Waals surface area contributed by atoms with Crippen LogP contribution < -0.4 is 48.5 Å². The predicted molar refractivity (Wildman–Crippen MR) is 184 cm³/mol. The second-order valence-corrected chi connectivity index (χ2v) is 14.4. The molecule has 48 heavy (non-hydrogen) atoms. The SMILES string of the molecule is Cc1ccc(NNC(=O)Nc2cc(NC(=O)NNc3ccc(S(C)(=O)=O)cc3)cc(NC(=O)NNc3ccc(S(C)(=O)=O)cc3)c2)cc1. The lowest BCUT2D eigenvalue weighted by atomic mass is 10.2. The van der Waals surface area contributed by atoms with E-state index in [0.29, 0.717) is 17.1 Å². The average Bonchev–Trinajstić information content (AvgIpc) is 3.02. The molecule has 0 radical (unpaired) electrons. The van der Waals surface area contributed by atoms with Crippen LogP contribution in [0.3, 0.4) is 0 Å². The van der Waals surface area contributed by atoms with Crippen LogP contribution in [0.25, 0.3) is 0 Å². The minimum absolute atomic E-state index is 0.115. The lowest BCUT2D eigenvalue weighted by Gasteiger charge is -2.15. The summed E-state index contributed by atoms with van der Waals surface area (Å²) >= 11 is 0. The van der Waals surface area contributed by atoms with Crippen LogP contribution in [0, 0.1) is 6.92 Å². The van der Waals surface area contributed by atoms with Crippen molar-refractivity contribution >= 4 is 71.9 Å². The van der Waals surface area contributed by atoms with Gasteiger partial charge in [0.05, 0.1) is 26.9 Å². The summed E-state index contributed by atoms with van der Waals surface area (Å²) in [7, 11) is -6.77. The van der Waals surface area contributed by atoms with Crippen LogP contribution in [0.5, 0.6) is 0 Å². The molecule has 0 saturated carbocycles. The summed E-state index contributed by atoms with van der Waals surface area (Å²) in [6.45, 7) is 1.93. The third kappa shape index (κ3) is 10.8.